The van der Waals surface area contributed by atoms with Crippen molar-refractivity contribution in [1.82, 2.24) is 9.78 Å². The highest BCUT2D eigenvalue weighted by atomic mass is 16.6. The molecule has 2 aromatic rings. The second-order valence-electron chi connectivity index (χ2n) is 6.28. The summed E-state index contributed by atoms with van der Waals surface area (Å²) in [5.74, 6) is -0.391. The largest absolute Gasteiger partial charge is 0.482 e. The van der Waals surface area contributed by atoms with Gasteiger partial charge in [0.2, 0.25) is 0 Å². The van der Waals surface area contributed by atoms with Gasteiger partial charge >= 0.3 is 5.97 Å². The molecule has 7 heteroatoms. The van der Waals surface area contributed by atoms with Crippen LogP contribution in [0.1, 0.15) is 29.4 Å². The number of amides is 1. The van der Waals surface area contributed by atoms with Gasteiger partial charge in [0, 0.05) is 7.05 Å². The number of nitrogens with one attached hydrogen (secondary N) is 1. The molecule has 7 nitrogen and oxygen atoms in total. The summed E-state index contributed by atoms with van der Waals surface area (Å²) in [6, 6.07) is 5.62. The van der Waals surface area contributed by atoms with Gasteiger partial charge in [0.25, 0.3) is 5.91 Å². The molecule has 0 unspecified atom stereocenters. The van der Waals surface area contributed by atoms with E-state index in [9.17, 15) is 9.59 Å². The Kier molecular flexibility index (Phi) is 6.02. The first kappa shape index (κ1) is 19.5. The molecule has 0 saturated carbocycles. The van der Waals surface area contributed by atoms with Crippen LogP contribution in [-0.4, -0.2) is 34.4 Å². The van der Waals surface area contributed by atoms with E-state index >= 15 is 0 Å². The average Bonchev–Trinajstić information content (AvgIpc) is 2.82. The van der Waals surface area contributed by atoms with Gasteiger partial charge in [0.05, 0.1) is 17.1 Å². The van der Waals surface area contributed by atoms with Gasteiger partial charge in [-0.1, -0.05) is 12.1 Å². The first-order chi connectivity index (χ1) is 12.2. The monoisotopic (exact) mass is 359 g/mol. The molecule has 0 fully saturated rings. The van der Waals surface area contributed by atoms with Crippen LogP contribution >= 0.6 is 0 Å². The molecule has 1 aromatic heterocycles. The van der Waals surface area contributed by atoms with Crippen LogP contribution in [0.3, 0.4) is 0 Å². The summed E-state index contributed by atoms with van der Waals surface area (Å²) >= 11 is 0. The SMILES string of the molecule is Cc1cccc(OCC(=O)O[C@H](C)C(=O)Nc2c(C)nn(C)c2C)c1C. The molecule has 140 valence electrons. The van der Waals surface area contributed by atoms with E-state index in [0.717, 1.165) is 16.8 Å². The van der Waals surface area contributed by atoms with Gasteiger partial charge in [-0.2, -0.15) is 5.10 Å². The number of anilines is 1. The predicted octanol–water partition coefficient (Wildman–Crippen LogP) is 2.60. The zero-order valence-electron chi connectivity index (χ0n) is 16.0. The molecule has 1 heterocycles. The third-order valence-corrected chi connectivity index (χ3v) is 4.34. The fourth-order valence-electron chi connectivity index (χ4n) is 2.48. The summed E-state index contributed by atoms with van der Waals surface area (Å²) in [5, 5.41) is 6.99. The molecule has 1 amide bonds. The van der Waals surface area contributed by atoms with Crippen molar-refractivity contribution < 1.29 is 19.1 Å². The van der Waals surface area contributed by atoms with Crippen molar-refractivity contribution in [2.24, 2.45) is 7.05 Å². The highest BCUT2D eigenvalue weighted by Gasteiger charge is 2.21. The lowest BCUT2D eigenvalue weighted by molar-refractivity contribution is -0.155. The number of carbonyl (C=O) groups is 2. The minimum Gasteiger partial charge on any atom is -0.482 e. The average molecular weight is 359 g/mol. The molecule has 0 aliphatic heterocycles. The van der Waals surface area contributed by atoms with Gasteiger partial charge in [-0.15, -0.1) is 0 Å². The molecule has 0 bridgehead atoms. The third-order valence-electron chi connectivity index (χ3n) is 4.34. The lowest BCUT2D eigenvalue weighted by Gasteiger charge is -2.15. The number of ether oxygens (including phenoxy) is 2. The number of hydrogen-bond acceptors (Lipinski definition) is 5. The first-order valence-corrected chi connectivity index (χ1v) is 8.40. The molecule has 0 spiro atoms. The van der Waals surface area contributed by atoms with Gasteiger partial charge < -0.3 is 14.8 Å². The summed E-state index contributed by atoms with van der Waals surface area (Å²) in [5.41, 5.74) is 4.20. The maximum Gasteiger partial charge on any atom is 0.344 e. The van der Waals surface area contributed by atoms with Crippen LogP contribution < -0.4 is 10.1 Å². The highest BCUT2D eigenvalue weighted by molar-refractivity contribution is 5.96. The Morgan fingerprint density at radius 2 is 1.92 bits per heavy atom. The Bertz CT molecular complexity index is 826. The van der Waals surface area contributed by atoms with Gasteiger partial charge in [-0.3, -0.25) is 9.48 Å². The van der Waals surface area contributed by atoms with Crippen molar-refractivity contribution in [3.8, 4) is 5.75 Å². The summed E-state index contributed by atoms with van der Waals surface area (Å²) in [6.07, 6.45) is -0.941. The predicted molar refractivity (Wildman–Crippen MR) is 98.3 cm³/mol. The van der Waals surface area contributed by atoms with Crippen LogP contribution in [0.4, 0.5) is 5.69 Å². The minimum atomic E-state index is -0.941. The number of carbonyl (C=O) groups excluding carboxylic acids is 2. The summed E-state index contributed by atoms with van der Waals surface area (Å²) in [4.78, 5) is 24.2. The maximum absolute atomic E-state index is 12.3. The van der Waals surface area contributed by atoms with E-state index in [1.807, 2.05) is 32.9 Å². The van der Waals surface area contributed by atoms with E-state index in [0.29, 0.717) is 17.1 Å². The summed E-state index contributed by atoms with van der Waals surface area (Å²) in [7, 11) is 1.80. The minimum absolute atomic E-state index is 0.257. The van der Waals surface area contributed by atoms with Crippen LogP contribution in [0.2, 0.25) is 0 Å². The fourth-order valence-corrected chi connectivity index (χ4v) is 2.48. The van der Waals surface area contributed by atoms with Gasteiger partial charge in [-0.05, 0) is 51.8 Å². The first-order valence-electron chi connectivity index (χ1n) is 8.40. The molecular formula is C19H25N3O4. The van der Waals surface area contributed by atoms with E-state index in [1.165, 1.54) is 6.92 Å². The summed E-state index contributed by atoms with van der Waals surface area (Å²) < 4.78 is 12.3. The smallest absolute Gasteiger partial charge is 0.344 e. The van der Waals surface area contributed by atoms with Crippen molar-refractivity contribution in [3.05, 3.63) is 40.7 Å². The van der Waals surface area contributed by atoms with E-state index in [2.05, 4.69) is 10.4 Å². The van der Waals surface area contributed by atoms with Crippen molar-refractivity contribution in [1.29, 1.82) is 0 Å². The molecule has 0 aliphatic rings. The van der Waals surface area contributed by atoms with E-state index in [-0.39, 0.29) is 6.61 Å². The van der Waals surface area contributed by atoms with Gasteiger partial charge in [0.15, 0.2) is 12.7 Å². The normalized spacial score (nSPS) is 11.8. The Labute approximate surface area is 153 Å². The second-order valence-corrected chi connectivity index (χ2v) is 6.28. The molecular weight excluding hydrogens is 334 g/mol. The number of rotatable bonds is 6. The van der Waals surface area contributed by atoms with E-state index < -0.39 is 18.0 Å². The second kappa shape index (κ2) is 8.03. The zero-order valence-corrected chi connectivity index (χ0v) is 16.0. The molecule has 1 N–H and O–H groups in total. The van der Waals surface area contributed by atoms with Crippen LogP contribution in [0, 0.1) is 27.7 Å². The number of aromatic nitrogens is 2. The Morgan fingerprint density at radius 3 is 2.54 bits per heavy atom. The molecule has 1 aromatic carbocycles. The molecule has 1 atom stereocenters. The van der Waals surface area contributed by atoms with Crippen molar-refractivity contribution in [2.75, 3.05) is 11.9 Å². The van der Waals surface area contributed by atoms with Crippen molar-refractivity contribution in [2.45, 2.75) is 40.7 Å². The third kappa shape index (κ3) is 4.41. The van der Waals surface area contributed by atoms with Crippen LogP contribution in [0.25, 0.3) is 0 Å². The molecule has 0 aliphatic carbocycles. The van der Waals surface area contributed by atoms with Crippen LogP contribution in [0.15, 0.2) is 18.2 Å². The molecule has 26 heavy (non-hydrogen) atoms. The standard InChI is InChI=1S/C19H25N3O4/c1-11-8-7-9-16(12(11)2)25-10-17(23)26-15(5)19(24)20-18-13(3)21-22(6)14(18)4/h7-9,15H,10H2,1-6H3,(H,20,24)/t15-/m1/s1. The fraction of sp³-hybridized carbons (Fsp3) is 0.421. The van der Waals surface area contributed by atoms with Crippen molar-refractivity contribution in [3.63, 3.8) is 0 Å². The van der Waals surface area contributed by atoms with Gasteiger partial charge in [0.1, 0.15) is 5.75 Å². The lowest BCUT2D eigenvalue weighted by atomic mass is 10.1. The maximum atomic E-state index is 12.3. The quantitative estimate of drug-likeness (QED) is 0.802. The number of nitrogens with zero attached hydrogens (tertiary/aromatic N) is 2. The number of aryl methyl sites for hydroxylation is 3. The lowest BCUT2D eigenvalue weighted by Crippen LogP contribution is -2.32. The number of benzene rings is 1. The topological polar surface area (TPSA) is 82.4 Å². The summed E-state index contributed by atoms with van der Waals surface area (Å²) in [6.45, 7) is 8.81. The molecule has 0 radical (unpaired) electrons. The van der Waals surface area contributed by atoms with E-state index in [4.69, 9.17) is 9.47 Å². The van der Waals surface area contributed by atoms with E-state index in [1.54, 1.807) is 24.7 Å². The van der Waals surface area contributed by atoms with Crippen LogP contribution in [-0.2, 0) is 21.4 Å². The van der Waals surface area contributed by atoms with Crippen LogP contribution in [0.5, 0.6) is 5.75 Å². The van der Waals surface area contributed by atoms with Gasteiger partial charge in [-0.25, -0.2) is 4.79 Å². The Morgan fingerprint density at radius 1 is 1.23 bits per heavy atom. The molecule has 2 rings (SSSR count). The van der Waals surface area contributed by atoms with Crippen molar-refractivity contribution >= 4 is 17.6 Å². The highest BCUT2D eigenvalue weighted by Crippen LogP contribution is 2.21. The number of hydrogen-bond donors (Lipinski definition) is 1. The zero-order chi connectivity index (χ0) is 19.4. The molecule has 0 saturated heterocycles. The Hall–Kier alpha value is -2.83. The number of esters is 1. The Balaban J connectivity index is 1.90.